The molecule has 2 aliphatic rings. The molecular weight excluding hydrogens is 302 g/mol. The molecule has 2 fully saturated rings. The second kappa shape index (κ2) is 6.73. The Morgan fingerprint density at radius 3 is 2.75 bits per heavy atom. The third-order valence-electron chi connectivity index (χ3n) is 4.91. The minimum Gasteiger partial charge on any atom is -0.337 e. The maximum atomic E-state index is 12.7. The van der Waals surface area contributed by atoms with Crippen molar-refractivity contribution in [1.82, 2.24) is 25.0 Å². The number of hydrogen-bond donors (Lipinski definition) is 1. The first-order valence-corrected chi connectivity index (χ1v) is 8.78. The van der Waals surface area contributed by atoms with Crippen molar-refractivity contribution in [3.63, 3.8) is 0 Å². The fourth-order valence-corrected chi connectivity index (χ4v) is 3.20. The van der Waals surface area contributed by atoms with E-state index in [1.807, 2.05) is 29.3 Å². The molecule has 126 valence electrons. The van der Waals surface area contributed by atoms with Crippen LogP contribution in [0.3, 0.4) is 0 Å². The van der Waals surface area contributed by atoms with Crippen LogP contribution in [0.4, 0.5) is 0 Å². The normalized spacial score (nSPS) is 18.8. The van der Waals surface area contributed by atoms with Gasteiger partial charge in [0, 0.05) is 37.7 Å². The summed E-state index contributed by atoms with van der Waals surface area (Å²) in [7, 11) is 0. The molecule has 6 heteroatoms. The third-order valence-corrected chi connectivity index (χ3v) is 4.91. The molecule has 1 aliphatic heterocycles. The Morgan fingerprint density at radius 1 is 1.21 bits per heavy atom. The number of nitrogens with one attached hydrogen (secondary N) is 1. The topological polar surface area (TPSA) is 63.1 Å². The molecule has 1 saturated heterocycles. The van der Waals surface area contributed by atoms with E-state index < -0.39 is 0 Å². The minimum absolute atomic E-state index is 0.0182. The van der Waals surface area contributed by atoms with Crippen LogP contribution >= 0.6 is 0 Å². The number of amides is 1. The summed E-state index contributed by atoms with van der Waals surface area (Å²) in [4.78, 5) is 18.9. The van der Waals surface area contributed by atoms with Crippen LogP contribution in [0.2, 0.25) is 0 Å². The van der Waals surface area contributed by atoms with Crippen molar-refractivity contribution in [2.75, 3.05) is 19.6 Å². The molecule has 1 amide bonds. The highest BCUT2D eigenvalue weighted by atomic mass is 16.2. The molecule has 0 aromatic carbocycles. The Hall–Kier alpha value is -2.21. The van der Waals surface area contributed by atoms with Crippen molar-refractivity contribution in [3.05, 3.63) is 42.5 Å². The van der Waals surface area contributed by atoms with Gasteiger partial charge in [0.25, 0.3) is 5.91 Å². The Balaban J connectivity index is 1.36. The zero-order valence-corrected chi connectivity index (χ0v) is 13.8. The smallest absolute Gasteiger partial charge is 0.272 e. The van der Waals surface area contributed by atoms with Gasteiger partial charge in [0.05, 0.1) is 5.69 Å². The number of aromatic nitrogens is 3. The fraction of sp³-hybridized carbons (Fsp3) is 0.500. The Kier molecular flexibility index (Phi) is 4.30. The van der Waals surface area contributed by atoms with Gasteiger partial charge in [-0.3, -0.25) is 9.78 Å². The van der Waals surface area contributed by atoms with Gasteiger partial charge in [-0.15, -0.1) is 0 Å². The summed E-state index contributed by atoms with van der Waals surface area (Å²) in [5.74, 6) is 0.920. The zero-order chi connectivity index (χ0) is 16.4. The van der Waals surface area contributed by atoms with Gasteiger partial charge in [0.2, 0.25) is 0 Å². The fourth-order valence-electron chi connectivity index (χ4n) is 3.20. The largest absolute Gasteiger partial charge is 0.337 e. The lowest BCUT2D eigenvalue weighted by atomic mass is 10.0. The second-order valence-electron chi connectivity index (χ2n) is 6.77. The molecule has 6 nitrogen and oxygen atoms in total. The van der Waals surface area contributed by atoms with E-state index in [1.54, 1.807) is 17.1 Å². The summed E-state index contributed by atoms with van der Waals surface area (Å²) in [6, 6.07) is 6.09. The maximum Gasteiger partial charge on any atom is 0.272 e. The highest BCUT2D eigenvalue weighted by molar-refractivity contribution is 5.92. The number of pyridine rings is 1. The maximum absolute atomic E-state index is 12.7. The van der Waals surface area contributed by atoms with Crippen LogP contribution in [0.15, 0.2) is 36.8 Å². The molecule has 0 atom stereocenters. The predicted octanol–water partition coefficient (Wildman–Crippen LogP) is 1.87. The number of carbonyl (C=O) groups excluding carboxylic acids is 1. The van der Waals surface area contributed by atoms with Crippen molar-refractivity contribution >= 4 is 5.91 Å². The lowest BCUT2D eigenvalue weighted by molar-refractivity contribution is 0.0699. The summed E-state index contributed by atoms with van der Waals surface area (Å²) in [6.45, 7) is 2.75. The van der Waals surface area contributed by atoms with Crippen LogP contribution in [0.1, 0.15) is 36.2 Å². The summed E-state index contributed by atoms with van der Waals surface area (Å²) < 4.78 is 1.74. The van der Waals surface area contributed by atoms with Crippen LogP contribution in [-0.2, 0) is 0 Å². The van der Waals surface area contributed by atoms with Crippen LogP contribution in [0.5, 0.6) is 0 Å². The molecule has 1 N–H and O–H groups in total. The van der Waals surface area contributed by atoms with Crippen LogP contribution in [-0.4, -0.2) is 51.2 Å². The zero-order valence-electron chi connectivity index (χ0n) is 13.8. The molecular formula is C18H23N5O. The Bertz CT molecular complexity index is 687. The van der Waals surface area contributed by atoms with Crippen molar-refractivity contribution in [3.8, 4) is 5.69 Å². The van der Waals surface area contributed by atoms with E-state index in [9.17, 15) is 4.79 Å². The van der Waals surface area contributed by atoms with Crippen molar-refractivity contribution < 1.29 is 4.79 Å². The SMILES string of the molecule is O=C(c1cc(-n2cccn2)ccn1)N1CCC(NCC2CC2)CC1. The highest BCUT2D eigenvalue weighted by Crippen LogP contribution is 2.28. The number of rotatable bonds is 5. The summed E-state index contributed by atoms with van der Waals surface area (Å²) >= 11 is 0. The van der Waals surface area contributed by atoms with Crippen molar-refractivity contribution in [2.24, 2.45) is 5.92 Å². The number of likely N-dealkylation sites (tertiary alicyclic amines) is 1. The average Bonchev–Trinajstić information content (AvgIpc) is 3.30. The highest BCUT2D eigenvalue weighted by Gasteiger charge is 2.26. The summed E-state index contributed by atoms with van der Waals surface area (Å²) in [5, 5.41) is 7.85. The van der Waals surface area contributed by atoms with Crippen LogP contribution < -0.4 is 5.32 Å². The van der Waals surface area contributed by atoms with Gasteiger partial charge >= 0.3 is 0 Å². The lowest BCUT2D eigenvalue weighted by Gasteiger charge is -2.32. The predicted molar refractivity (Wildman–Crippen MR) is 91.0 cm³/mol. The molecule has 1 saturated carbocycles. The molecule has 1 aliphatic carbocycles. The van der Waals surface area contributed by atoms with E-state index in [1.165, 1.54) is 12.8 Å². The molecule has 0 radical (unpaired) electrons. The first-order chi connectivity index (χ1) is 11.8. The molecule has 0 bridgehead atoms. The lowest BCUT2D eigenvalue weighted by Crippen LogP contribution is -2.45. The Labute approximate surface area is 141 Å². The van der Waals surface area contributed by atoms with E-state index in [4.69, 9.17) is 0 Å². The molecule has 4 rings (SSSR count). The molecule has 24 heavy (non-hydrogen) atoms. The van der Waals surface area contributed by atoms with Gasteiger partial charge in [0.1, 0.15) is 5.69 Å². The van der Waals surface area contributed by atoms with Gasteiger partial charge in [-0.05, 0) is 56.3 Å². The number of hydrogen-bond acceptors (Lipinski definition) is 4. The summed E-state index contributed by atoms with van der Waals surface area (Å²) in [6.07, 6.45) is 10.1. The molecule has 2 aromatic rings. The van der Waals surface area contributed by atoms with Gasteiger partial charge < -0.3 is 10.2 Å². The molecule has 2 aromatic heterocycles. The van der Waals surface area contributed by atoms with Crippen molar-refractivity contribution in [1.29, 1.82) is 0 Å². The van der Waals surface area contributed by atoms with E-state index in [2.05, 4.69) is 15.4 Å². The monoisotopic (exact) mass is 325 g/mol. The van der Waals surface area contributed by atoms with Crippen molar-refractivity contribution in [2.45, 2.75) is 31.7 Å². The van der Waals surface area contributed by atoms with E-state index in [-0.39, 0.29) is 5.91 Å². The first kappa shape index (κ1) is 15.3. The number of carbonyl (C=O) groups is 1. The molecule has 0 unspecified atom stereocenters. The van der Waals surface area contributed by atoms with Gasteiger partial charge in [-0.2, -0.15) is 5.10 Å². The average molecular weight is 325 g/mol. The third kappa shape index (κ3) is 3.48. The van der Waals surface area contributed by atoms with Gasteiger partial charge in [-0.25, -0.2) is 4.68 Å². The van der Waals surface area contributed by atoms with Gasteiger partial charge in [-0.1, -0.05) is 0 Å². The first-order valence-electron chi connectivity index (χ1n) is 8.78. The minimum atomic E-state index is 0.0182. The van der Waals surface area contributed by atoms with E-state index in [0.717, 1.165) is 44.1 Å². The second-order valence-corrected chi connectivity index (χ2v) is 6.77. The van der Waals surface area contributed by atoms with Crippen LogP contribution in [0.25, 0.3) is 5.69 Å². The number of piperidine rings is 1. The number of nitrogens with zero attached hydrogens (tertiary/aromatic N) is 4. The van der Waals surface area contributed by atoms with Gasteiger partial charge in [0.15, 0.2) is 0 Å². The van der Waals surface area contributed by atoms with E-state index >= 15 is 0 Å². The molecule has 3 heterocycles. The van der Waals surface area contributed by atoms with Crippen LogP contribution in [0, 0.1) is 5.92 Å². The van der Waals surface area contributed by atoms with E-state index in [0.29, 0.717) is 11.7 Å². The standard InChI is InChI=1S/C18H23N5O/c24-18(17-12-16(4-8-19-17)23-9-1-7-21-23)22-10-5-15(6-11-22)20-13-14-2-3-14/h1,4,7-9,12,14-15,20H,2-3,5-6,10-11,13H2. The quantitative estimate of drug-likeness (QED) is 0.911. The summed E-state index contributed by atoms with van der Waals surface area (Å²) in [5.41, 5.74) is 1.35. The Morgan fingerprint density at radius 2 is 2.04 bits per heavy atom. The molecule has 0 spiro atoms.